The van der Waals surface area contributed by atoms with Gasteiger partial charge in [0.25, 0.3) is 5.91 Å². The van der Waals surface area contributed by atoms with Crippen molar-refractivity contribution in [3.05, 3.63) is 47.6 Å². The summed E-state index contributed by atoms with van der Waals surface area (Å²) in [4.78, 5) is 24.7. The van der Waals surface area contributed by atoms with Crippen LogP contribution in [0, 0.1) is 5.82 Å². The number of ether oxygens (including phenoxy) is 2. The van der Waals surface area contributed by atoms with Crippen LogP contribution in [0.25, 0.3) is 0 Å². The van der Waals surface area contributed by atoms with Crippen LogP contribution in [0.5, 0.6) is 5.75 Å². The van der Waals surface area contributed by atoms with Crippen LogP contribution >= 0.6 is 0 Å². The molecule has 1 aromatic carbocycles. The van der Waals surface area contributed by atoms with E-state index in [9.17, 15) is 14.0 Å². The summed E-state index contributed by atoms with van der Waals surface area (Å²) >= 11 is 0. The van der Waals surface area contributed by atoms with Crippen LogP contribution in [-0.4, -0.2) is 52.8 Å². The lowest BCUT2D eigenvalue weighted by Gasteiger charge is -2.30. The third kappa shape index (κ3) is 3.94. The second-order valence-electron chi connectivity index (χ2n) is 5.35. The highest BCUT2D eigenvalue weighted by molar-refractivity contribution is 5.92. The molecule has 9 heteroatoms. The molecule has 0 radical (unpaired) electrons. The van der Waals surface area contributed by atoms with Crippen LogP contribution in [0.2, 0.25) is 0 Å². The molecule has 1 aromatic heterocycles. The molecule has 132 valence electrons. The summed E-state index contributed by atoms with van der Waals surface area (Å²) in [6, 6.07) is 7.29. The van der Waals surface area contributed by atoms with Crippen molar-refractivity contribution in [1.29, 1.82) is 0 Å². The van der Waals surface area contributed by atoms with Crippen molar-refractivity contribution < 1.29 is 33.1 Å². The lowest BCUT2D eigenvalue weighted by atomic mass is 10.2. The summed E-state index contributed by atoms with van der Waals surface area (Å²) in [6.45, 7) is 0.227. The minimum Gasteiger partial charge on any atom is -0.482 e. The number of aromatic nitrogens is 1. The van der Waals surface area contributed by atoms with Gasteiger partial charge in [-0.2, -0.15) is 0 Å². The molecule has 0 bridgehead atoms. The van der Waals surface area contributed by atoms with Gasteiger partial charge in [0.1, 0.15) is 6.61 Å². The maximum atomic E-state index is 13.5. The Morgan fingerprint density at radius 1 is 1.40 bits per heavy atom. The Kier molecular flexibility index (Phi) is 4.94. The first kappa shape index (κ1) is 16.9. The van der Waals surface area contributed by atoms with Crippen molar-refractivity contribution in [2.75, 3.05) is 19.7 Å². The third-order valence-corrected chi connectivity index (χ3v) is 3.61. The monoisotopic (exact) mass is 350 g/mol. The second kappa shape index (κ2) is 7.31. The molecule has 1 unspecified atom stereocenters. The number of hydrogen-bond donors (Lipinski definition) is 1. The van der Waals surface area contributed by atoms with E-state index in [2.05, 4.69) is 5.16 Å². The van der Waals surface area contributed by atoms with Crippen molar-refractivity contribution in [3.8, 4) is 5.75 Å². The minimum atomic E-state index is -1.13. The molecule has 0 saturated carbocycles. The van der Waals surface area contributed by atoms with Gasteiger partial charge in [-0.15, -0.1) is 0 Å². The van der Waals surface area contributed by atoms with E-state index < -0.39 is 23.8 Å². The number of carbonyl (C=O) groups is 2. The van der Waals surface area contributed by atoms with Crippen molar-refractivity contribution >= 4 is 11.9 Å². The lowest BCUT2D eigenvalue weighted by Crippen LogP contribution is -2.48. The van der Waals surface area contributed by atoms with Gasteiger partial charge in [-0.1, -0.05) is 17.3 Å². The molecule has 1 amide bonds. The van der Waals surface area contributed by atoms with E-state index in [4.69, 9.17) is 19.1 Å². The number of rotatable bonds is 5. The van der Waals surface area contributed by atoms with Crippen LogP contribution in [0.1, 0.15) is 16.2 Å². The Bertz CT molecular complexity index is 777. The Labute approximate surface area is 141 Å². The number of para-hydroxylation sites is 1. The van der Waals surface area contributed by atoms with Crippen molar-refractivity contribution in [2.45, 2.75) is 12.7 Å². The van der Waals surface area contributed by atoms with E-state index in [1.54, 1.807) is 12.1 Å². The molecule has 1 fully saturated rings. The lowest BCUT2D eigenvalue weighted by molar-refractivity contribution is -0.154. The van der Waals surface area contributed by atoms with E-state index in [1.165, 1.54) is 23.1 Å². The zero-order valence-corrected chi connectivity index (χ0v) is 13.1. The zero-order valence-electron chi connectivity index (χ0n) is 13.1. The maximum absolute atomic E-state index is 13.5. The highest BCUT2D eigenvalue weighted by Gasteiger charge is 2.30. The quantitative estimate of drug-likeness (QED) is 0.867. The summed E-state index contributed by atoms with van der Waals surface area (Å²) in [5.74, 6) is -1.79. The Morgan fingerprint density at radius 2 is 2.20 bits per heavy atom. The van der Waals surface area contributed by atoms with E-state index >= 15 is 0 Å². The Balaban J connectivity index is 1.62. The number of nitrogens with zero attached hydrogens (tertiary/aromatic N) is 2. The molecule has 1 N–H and O–H groups in total. The van der Waals surface area contributed by atoms with Crippen LogP contribution < -0.4 is 4.74 Å². The van der Waals surface area contributed by atoms with Crippen LogP contribution in [0.3, 0.4) is 0 Å². The van der Waals surface area contributed by atoms with Crippen LogP contribution in [-0.2, 0) is 16.1 Å². The second-order valence-corrected chi connectivity index (χ2v) is 5.35. The predicted octanol–water partition coefficient (Wildman–Crippen LogP) is 1.32. The summed E-state index contributed by atoms with van der Waals surface area (Å²) in [5.41, 5.74) is 0.0261. The average Bonchev–Trinajstić information content (AvgIpc) is 3.09. The highest BCUT2D eigenvalue weighted by atomic mass is 19.1. The van der Waals surface area contributed by atoms with Gasteiger partial charge in [-0.05, 0) is 12.1 Å². The van der Waals surface area contributed by atoms with Gasteiger partial charge in [0.2, 0.25) is 0 Å². The Hall–Kier alpha value is -2.94. The summed E-state index contributed by atoms with van der Waals surface area (Å²) in [6.07, 6.45) is -1.06. The summed E-state index contributed by atoms with van der Waals surface area (Å²) in [5, 5.41) is 12.6. The number of halogens is 1. The van der Waals surface area contributed by atoms with Crippen molar-refractivity contribution in [2.24, 2.45) is 0 Å². The number of carboxylic acid groups (broad SMARTS) is 1. The van der Waals surface area contributed by atoms with Crippen molar-refractivity contribution in [3.63, 3.8) is 0 Å². The molecule has 1 atom stereocenters. The van der Waals surface area contributed by atoms with Gasteiger partial charge in [0, 0.05) is 12.6 Å². The van der Waals surface area contributed by atoms with Crippen LogP contribution in [0.15, 0.2) is 34.9 Å². The van der Waals surface area contributed by atoms with Crippen LogP contribution in [0.4, 0.5) is 4.39 Å². The van der Waals surface area contributed by atoms with E-state index in [-0.39, 0.29) is 43.5 Å². The molecular weight excluding hydrogens is 335 g/mol. The van der Waals surface area contributed by atoms with Gasteiger partial charge in [0.15, 0.2) is 29.1 Å². The third-order valence-electron chi connectivity index (χ3n) is 3.61. The van der Waals surface area contributed by atoms with Gasteiger partial charge < -0.3 is 24.0 Å². The first-order valence-corrected chi connectivity index (χ1v) is 7.51. The molecule has 0 spiro atoms. The largest absolute Gasteiger partial charge is 0.482 e. The van der Waals surface area contributed by atoms with Gasteiger partial charge in [-0.25, -0.2) is 9.18 Å². The molecule has 1 aliphatic heterocycles. The molecule has 2 heterocycles. The molecular formula is C16H15FN2O6. The first-order valence-electron chi connectivity index (χ1n) is 7.51. The van der Waals surface area contributed by atoms with Gasteiger partial charge >= 0.3 is 5.97 Å². The first-order chi connectivity index (χ1) is 12.0. The molecule has 25 heavy (non-hydrogen) atoms. The predicted molar refractivity (Wildman–Crippen MR) is 80.5 cm³/mol. The molecule has 1 aliphatic rings. The number of morpholine rings is 1. The molecule has 8 nitrogen and oxygen atoms in total. The number of aliphatic carboxylic acids is 1. The van der Waals surface area contributed by atoms with E-state index in [0.29, 0.717) is 0 Å². The standard InChI is InChI=1S/C16H15FN2O6/c17-11-3-1-2-4-13(11)24-9-10-7-12(18-25-10)15(20)19-5-6-23-14(8-19)16(21)22/h1-4,7,14H,5-6,8-9H2,(H,21,22). The number of carboxylic acids is 1. The average molecular weight is 350 g/mol. The Morgan fingerprint density at radius 3 is 2.96 bits per heavy atom. The number of amides is 1. The van der Waals surface area contributed by atoms with E-state index in [0.717, 1.165) is 0 Å². The fourth-order valence-electron chi connectivity index (χ4n) is 2.34. The molecule has 3 rings (SSSR count). The minimum absolute atomic E-state index is 0.0261. The summed E-state index contributed by atoms with van der Waals surface area (Å²) < 4.78 is 28.8. The summed E-state index contributed by atoms with van der Waals surface area (Å²) in [7, 11) is 0. The van der Waals surface area contributed by atoms with Gasteiger partial charge in [-0.3, -0.25) is 4.79 Å². The normalized spacial score (nSPS) is 17.3. The molecule has 2 aromatic rings. The zero-order chi connectivity index (χ0) is 17.8. The smallest absolute Gasteiger partial charge is 0.334 e. The fourth-order valence-corrected chi connectivity index (χ4v) is 2.34. The number of hydrogen-bond acceptors (Lipinski definition) is 6. The highest BCUT2D eigenvalue weighted by Crippen LogP contribution is 2.18. The van der Waals surface area contributed by atoms with Crippen molar-refractivity contribution in [1.82, 2.24) is 10.1 Å². The molecule has 1 saturated heterocycles. The fraction of sp³-hybridized carbons (Fsp3) is 0.312. The van der Waals surface area contributed by atoms with Gasteiger partial charge in [0.05, 0.1) is 13.2 Å². The SMILES string of the molecule is O=C(O)C1CN(C(=O)c2cc(COc3ccccc3F)on2)CCO1. The number of carbonyl (C=O) groups excluding carboxylic acids is 1. The maximum Gasteiger partial charge on any atom is 0.334 e. The molecule has 0 aliphatic carbocycles. The number of benzene rings is 1. The van der Waals surface area contributed by atoms with E-state index in [1.807, 2.05) is 0 Å². The topological polar surface area (TPSA) is 102 Å².